The van der Waals surface area contributed by atoms with Gasteiger partial charge in [0, 0.05) is 6.20 Å². The summed E-state index contributed by atoms with van der Waals surface area (Å²) in [7, 11) is -4.40. The Kier molecular flexibility index (Phi) is 4.10. The molecule has 0 aliphatic carbocycles. The van der Waals surface area contributed by atoms with E-state index in [2.05, 4.69) is 4.98 Å². The fourth-order valence-electron chi connectivity index (χ4n) is 0.528. The third-order valence-corrected chi connectivity index (χ3v) is 2.23. The molecule has 0 atom stereocenters. The summed E-state index contributed by atoms with van der Waals surface area (Å²) in [6, 6.07) is 1.12. The molecule has 1 N–H and O–H groups in total. The van der Waals surface area contributed by atoms with E-state index >= 15 is 0 Å². The molecule has 56 valence electrons. The minimum atomic E-state index is -4.40. The zero-order valence-electron chi connectivity index (χ0n) is 5.67. The van der Waals surface area contributed by atoms with Crippen LogP contribution in [0.5, 0.6) is 0 Å². The third kappa shape index (κ3) is 2.77. The van der Waals surface area contributed by atoms with Gasteiger partial charge in [0.1, 0.15) is 15.3 Å². The fourth-order valence-corrected chi connectivity index (χ4v) is 1.45. The molecular formula is C4H3ClNNaO3S. The molecule has 0 saturated heterocycles. The Labute approximate surface area is 91.0 Å². The Balaban J connectivity index is 0.000001000. The van der Waals surface area contributed by atoms with Gasteiger partial charge in [-0.3, -0.25) is 0 Å². The first-order valence-corrected chi connectivity index (χ1v) is 4.09. The second-order valence-electron chi connectivity index (χ2n) is 1.61. The average molecular weight is 204 g/mol. The first kappa shape index (κ1) is 11.5. The summed E-state index contributed by atoms with van der Waals surface area (Å²) >= 11 is 5.29. The van der Waals surface area contributed by atoms with Crippen molar-refractivity contribution in [2.45, 2.75) is 4.90 Å². The van der Waals surface area contributed by atoms with Gasteiger partial charge in [0.2, 0.25) is 0 Å². The maximum atomic E-state index is 10.3. The van der Waals surface area contributed by atoms with Crippen LogP contribution in [-0.2, 0) is 10.1 Å². The van der Waals surface area contributed by atoms with Gasteiger partial charge in [-0.15, -0.1) is 0 Å². The van der Waals surface area contributed by atoms with Crippen molar-refractivity contribution in [3.05, 3.63) is 17.4 Å². The standard InChI is InChI=1S/C4H4ClNO3S.Na/c5-4-3(1-2-6-4)10(7,8)9;/h1-2,6H,(H,7,8,9);/q;+1/p-1. The van der Waals surface area contributed by atoms with Gasteiger partial charge in [-0.2, -0.15) is 0 Å². The van der Waals surface area contributed by atoms with E-state index in [0.29, 0.717) is 0 Å². The minimum Gasteiger partial charge on any atom is -0.744 e. The van der Waals surface area contributed by atoms with Crippen molar-refractivity contribution in [2.24, 2.45) is 0 Å². The van der Waals surface area contributed by atoms with Gasteiger partial charge < -0.3 is 9.54 Å². The van der Waals surface area contributed by atoms with Crippen LogP contribution in [0.2, 0.25) is 5.15 Å². The smallest absolute Gasteiger partial charge is 0.744 e. The maximum absolute atomic E-state index is 10.3. The molecule has 0 aliphatic heterocycles. The Morgan fingerprint density at radius 2 is 2.09 bits per heavy atom. The molecule has 0 aliphatic rings. The molecule has 0 aromatic carbocycles. The second kappa shape index (κ2) is 3.93. The number of aromatic nitrogens is 1. The van der Waals surface area contributed by atoms with Crippen molar-refractivity contribution in [2.75, 3.05) is 0 Å². The summed E-state index contributed by atoms with van der Waals surface area (Å²) in [4.78, 5) is 1.95. The van der Waals surface area contributed by atoms with Crippen LogP contribution < -0.4 is 29.6 Å². The monoisotopic (exact) mass is 203 g/mol. The van der Waals surface area contributed by atoms with Crippen molar-refractivity contribution < 1.29 is 42.5 Å². The number of aromatic amines is 1. The number of hydrogen-bond donors (Lipinski definition) is 1. The fraction of sp³-hybridized carbons (Fsp3) is 0. The number of H-pyrrole nitrogens is 1. The van der Waals surface area contributed by atoms with E-state index in [-0.39, 0.29) is 34.7 Å². The molecule has 0 spiro atoms. The zero-order chi connectivity index (χ0) is 7.78. The topological polar surface area (TPSA) is 73.0 Å². The van der Waals surface area contributed by atoms with Gasteiger partial charge >= 0.3 is 29.6 Å². The average Bonchev–Trinajstić information content (AvgIpc) is 2.11. The van der Waals surface area contributed by atoms with Crippen LogP contribution in [0.4, 0.5) is 0 Å². The largest absolute Gasteiger partial charge is 1.00 e. The van der Waals surface area contributed by atoms with E-state index < -0.39 is 15.0 Å². The van der Waals surface area contributed by atoms with Crippen molar-refractivity contribution >= 4 is 21.7 Å². The predicted octanol–water partition coefficient (Wildman–Crippen LogP) is -2.42. The van der Waals surface area contributed by atoms with Crippen molar-refractivity contribution in [3.63, 3.8) is 0 Å². The summed E-state index contributed by atoms with van der Waals surface area (Å²) in [5.41, 5.74) is 0. The normalized spacial score (nSPS) is 10.7. The summed E-state index contributed by atoms with van der Waals surface area (Å²) in [5, 5.41) is -0.144. The van der Waals surface area contributed by atoms with E-state index in [9.17, 15) is 13.0 Å². The van der Waals surface area contributed by atoms with Crippen molar-refractivity contribution in [1.82, 2.24) is 4.98 Å². The molecular weight excluding hydrogens is 201 g/mol. The number of hydrogen-bond acceptors (Lipinski definition) is 3. The molecule has 0 saturated carbocycles. The molecule has 1 heterocycles. The summed E-state index contributed by atoms with van der Waals surface area (Å²) in [5.74, 6) is 0. The van der Waals surface area contributed by atoms with Crippen LogP contribution in [0.1, 0.15) is 0 Å². The molecule has 0 unspecified atom stereocenters. The van der Waals surface area contributed by atoms with Crippen LogP contribution in [-0.4, -0.2) is 18.0 Å². The second-order valence-corrected chi connectivity index (χ2v) is 3.34. The minimum absolute atomic E-state index is 0. The summed E-state index contributed by atoms with van der Waals surface area (Å²) in [6.07, 6.45) is 1.28. The quantitative estimate of drug-likeness (QED) is 0.408. The third-order valence-electron chi connectivity index (χ3n) is 0.930. The first-order chi connectivity index (χ1) is 4.52. The number of halogens is 1. The van der Waals surface area contributed by atoms with Crippen LogP contribution in [0.3, 0.4) is 0 Å². The van der Waals surface area contributed by atoms with E-state index in [1.165, 1.54) is 6.20 Å². The van der Waals surface area contributed by atoms with Gasteiger partial charge in [-0.1, -0.05) is 11.6 Å². The SMILES string of the molecule is O=S(=O)([O-])c1cc[nH]c1Cl.[Na+]. The first-order valence-electron chi connectivity index (χ1n) is 2.30. The molecule has 0 bridgehead atoms. The van der Waals surface area contributed by atoms with Gasteiger partial charge in [-0.25, -0.2) is 8.42 Å². The summed E-state index contributed by atoms with van der Waals surface area (Å²) < 4.78 is 30.8. The van der Waals surface area contributed by atoms with E-state index in [4.69, 9.17) is 11.6 Å². The Morgan fingerprint density at radius 1 is 1.55 bits per heavy atom. The summed E-state index contributed by atoms with van der Waals surface area (Å²) in [6.45, 7) is 0. The number of rotatable bonds is 1. The van der Waals surface area contributed by atoms with Crippen LogP contribution in [0.25, 0.3) is 0 Å². The predicted molar refractivity (Wildman–Crippen MR) is 33.8 cm³/mol. The molecule has 0 amide bonds. The molecule has 1 aromatic rings. The van der Waals surface area contributed by atoms with Crippen LogP contribution in [0, 0.1) is 0 Å². The van der Waals surface area contributed by atoms with E-state index in [1.807, 2.05) is 0 Å². The van der Waals surface area contributed by atoms with E-state index in [1.54, 1.807) is 0 Å². The molecule has 1 aromatic heterocycles. The number of nitrogens with one attached hydrogen (secondary N) is 1. The molecule has 0 radical (unpaired) electrons. The maximum Gasteiger partial charge on any atom is 1.00 e. The van der Waals surface area contributed by atoms with Crippen LogP contribution >= 0.6 is 11.6 Å². The Morgan fingerprint density at radius 3 is 2.27 bits per heavy atom. The molecule has 0 fully saturated rings. The van der Waals surface area contributed by atoms with Gasteiger partial charge in [0.05, 0.1) is 4.90 Å². The Hall–Kier alpha value is 0.480. The molecule has 1 rings (SSSR count). The van der Waals surface area contributed by atoms with E-state index in [0.717, 1.165) is 6.07 Å². The zero-order valence-corrected chi connectivity index (χ0v) is 9.24. The van der Waals surface area contributed by atoms with Gasteiger partial charge in [0.25, 0.3) is 0 Å². The van der Waals surface area contributed by atoms with Crippen molar-refractivity contribution in [3.8, 4) is 0 Å². The molecule has 11 heavy (non-hydrogen) atoms. The molecule has 7 heteroatoms. The van der Waals surface area contributed by atoms with Crippen LogP contribution in [0.15, 0.2) is 17.2 Å². The van der Waals surface area contributed by atoms with Gasteiger partial charge in [-0.05, 0) is 6.07 Å². The Bertz CT molecular complexity index is 333. The van der Waals surface area contributed by atoms with Gasteiger partial charge in [0.15, 0.2) is 0 Å². The van der Waals surface area contributed by atoms with Crippen molar-refractivity contribution in [1.29, 1.82) is 0 Å². The molecule has 4 nitrogen and oxygen atoms in total.